The molecule has 0 saturated heterocycles. The molecule has 2 heteroatoms. The lowest BCUT2D eigenvalue weighted by Gasteiger charge is -2.04. The van der Waals surface area contributed by atoms with Crippen LogP contribution < -0.4 is 5.73 Å². The number of rotatable bonds is 2. The summed E-state index contributed by atoms with van der Waals surface area (Å²) >= 11 is 0. The van der Waals surface area contributed by atoms with Gasteiger partial charge in [-0.2, -0.15) is 0 Å². The Kier molecular flexibility index (Phi) is 2.79. The Bertz CT molecular complexity index is 464. The van der Waals surface area contributed by atoms with Gasteiger partial charge in [0.15, 0.2) is 0 Å². The molecule has 0 radical (unpaired) electrons. The van der Waals surface area contributed by atoms with Crippen LogP contribution in [0.2, 0.25) is 0 Å². The van der Waals surface area contributed by atoms with Crippen LogP contribution in [0.3, 0.4) is 0 Å². The molecule has 1 aromatic heterocycles. The molecular formula is C13H14N2. The number of pyridine rings is 1. The van der Waals surface area contributed by atoms with Crippen LogP contribution in [0.4, 0.5) is 0 Å². The summed E-state index contributed by atoms with van der Waals surface area (Å²) in [7, 11) is 0. The summed E-state index contributed by atoms with van der Waals surface area (Å²) in [4.78, 5) is 4.18. The molecule has 15 heavy (non-hydrogen) atoms. The third kappa shape index (κ3) is 2.22. The molecule has 2 N–H and O–H groups in total. The number of aromatic nitrogens is 1. The van der Waals surface area contributed by atoms with E-state index in [9.17, 15) is 0 Å². The number of benzene rings is 1. The summed E-state index contributed by atoms with van der Waals surface area (Å²) in [6, 6.07) is 10.5. The lowest BCUT2D eigenvalue weighted by molar-refractivity contribution is 1.05. The molecule has 1 heterocycles. The van der Waals surface area contributed by atoms with E-state index in [0.717, 1.165) is 11.1 Å². The number of nitrogens with zero attached hydrogens (tertiary/aromatic N) is 1. The number of aryl methyl sites for hydroxylation is 1. The highest BCUT2D eigenvalue weighted by atomic mass is 14.6. The predicted molar refractivity (Wildman–Crippen MR) is 62.3 cm³/mol. The van der Waals surface area contributed by atoms with Crippen LogP contribution in [0.15, 0.2) is 42.7 Å². The molecule has 2 nitrogen and oxygen atoms in total. The molecule has 1 aromatic carbocycles. The molecule has 0 spiro atoms. The van der Waals surface area contributed by atoms with Gasteiger partial charge in [0, 0.05) is 24.5 Å². The minimum absolute atomic E-state index is 0.534. The molecule has 0 aliphatic rings. The maximum absolute atomic E-state index is 5.59. The van der Waals surface area contributed by atoms with Crippen molar-refractivity contribution in [3.63, 3.8) is 0 Å². The molecule has 0 amide bonds. The molecule has 0 fully saturated rings. The van der Waals surface area contributed by atoms with Crippen molar-refractivity contribution in [2.75, 3.05) is 0 Å². The van der Waals surface area contributed by atoms with E-state index >= 15 is 0 Å². The third-order valence-electron chi connectivity index (χ3n) is 2.38. The van der Waals surface area contributed by atoms with E-state index in [0.29, 0.717) is 6.54 Å². The van der Waals surface area contributed by atoms with Crippen LogP contribution in [-0.2, 0) is 6.54 Å². The first kappa shape index (κ1) is 9.87. The zero-order valence-electron chi connectivity index (χ0n) is 8.77. The fourth-order valence-electron chi connectivity index (χ4n) is 1.58. The van der Waals surface area contributed by atoms with Crippen LogP contribution in [0.1, 0.15) is 11.1 Å². The fraction of sp³-hybridized carbons (Fsp3) is 0.154. The lowest BCUT2D eigenvalue weighted by Crippen LogP contribution is -1.97. The summed E-state index contributed by atoms with van der Waals surface area (Å²) in [6.45, 7) is 2.62. The van der Waals surface area contributed by atoms with Crippen LogP contribution in [-0.4, -0.2) is 4.98 Å². The fourth-order valence-corrected chi connectivity index (χ4v) is 1.58. The third-order valence-corrected chi connectivity index (χ3v) is 2.38. The van der Waals surface area contributed by atoms with Crippen molar-refractivity contribution in [3.8, 4) is 11.1 Å². The molecule has 0 saturated carbocycles. The number of hydrogen-bond acceptors (Lipinski definition) is 2. The maximum atomic E-state index is 5.59. The van der Waals surface area contributed by atoms with E-state index in [1.54, 1.807) is 6.20 Å². The summed E-state index contributed by atoms with van der Waals surface area (Å²) < 4.78 is 0. The summed E-state index contributed by atoms with van der Waals surface area (Å²) in [5.41, 5.74) is 10.2. The van der Waals surface area contributed by atoms with Crippen LogP contribution in [0, 0.1) is 6.92 Å². The zero-order valence-corrected chi connectivity index (χ0v) is 8.77. The van der Waals surface area contributed by atoms with Gasteiger partial charge in [-0.3, -0.25) is 4.98 Å². The Balaban J connectivity index is 2.44. The standard InChI is InChI=1S/C13H14N2/c1-10-3-2-4-12(5-10)13-6-11(7-14)8-15-9-13/h2-6,8-9H,7,14H2,1H3. The predicted octanol–water partition coefficient (Wildman–Crippen LogP) is 2.52. The van der Waals surface area contributed by atoms with Gasteiger partial charge >= 0.3 is 0 Å². The number of hydrogen-bond donors (Lipinski definition) is 1. The van der Waals surface area contributed by atoms with Crippen molar-refractivity contribution in [1.82, 2.24) is 4.98 Å². The lowest BCUT2D eigenvalue weighted by atomic mass is 10.0. The maximum Gasteiger partial charge on any atom is 0.0346 e. The molecule has 0 aliphatic heterocycles. The Labute approximate surface area is 89.8 Å². The van der Waals surface area contributed by atoms with Gasteiger partial charge in [-0.15, -0.1) is 0 Å². The van der Waals surface area contributed by atoms with Gasteiger partial charge in [-0.1, -0.05) is 29.8 Å². The average molecular weight is 198 g/mol. The average Bonchev–Trinajstić information content (AvgIpc) is 2.29. The Hall–Kier alpha value is -1.67. The first-order valence-corrected chi connectivity index (χ1v) is 5.00. The summed E-state index contributed by atoms with van der Waals surface area (Å²) in [5, 5.41) is 0. The molecular weight excluding hydrogens is 184 g/mol. The van der Waals surface area contributed by atoms with Gasteiger partial charge in [0.25, 0.3) is 0 Å². The second-order valence-electron chi connectivity index (χ2n) is 3.66. The first-order chi connectivity index (χ1) is 7.29. The van der Waals surface area contributed by atoms with Crippen molar-refractivity contribution in [1.29, 1.82) is 0 Å². The van der Waals surface area contributed by atoms with E-state index in [-0.39, 0.29) is 0 Å². The molecule has 2 aromatic rings. The molecule has 2 rings (SSSR count). The van der Waals surface area contributed by atoms with Crippen molar-refractivity contribution < 1.29 is 0 Å². The van der Waals surface area contributed by atoms with Crippen molar-refractivity contribution in [2.45, 2.75) is 13.5 Å². The smallest absolute Gasteiger partial charge is 0.0346 e. The van der Waals surface area contributed by atoms with E-state index in [2.05, 4.69) is 42.2 Å². The van der Waals surface area contributed by atoms with Gasteiger partial charge in [0.1, 0.15) is 0 Å². The quantitative estimate of drug-likeness (QED) is 0.805. The highest BCUT2D eigenvalue weighted by Crippen LogP contribution is 2.20. The Morgan fingerprint density at radius 1 is 1.13 bits per heavy atom. The van der Waals surface area contributed by atoms with Crippen molar-refractivity contribution in [2.24, 2.45) is 5.73 Å². The van der Waals surface area contributed by atoms with Crippen LogP contribution in [0.25, 0.3) is 11.1 Å². The SMILES string of the molecule is Cc1cccc(-c2cncc(CN)c2)c1. The normalized spacial score (nSPS) is 10.3. The van der Waals surface area contributed by atoms with Crippen molar-refractivity contribution in [3.05, 3.63) is 53.9 Å². The van der Waals surface area contributed by atoms with Gasteiger partial charge in [0.2, 0.25) is 0 Å². The minimum Gasteiger partial charge on any atom is -0.326 e. The Morgan fingerprint density at radius 2 is 2.00 bits per heavy atom. The topological polar surface area (TPSA) is 38.9 Å². The van der Waals surface area contributed by atoms with Gasteiger partial charge in [0.05, 0.1) is 0 Å². The van der Waals surface area contributed by atoms with E-state index in [1.165, 1.54) is 11.1 Å². The largest absolute Gasteiger partial charge is 0.326 e. The van der Waals surface area contributed by atoms with Gasteiger partial charge < -0.3 is 5.73 Å². The molecule has 0 atom stereocenters. The van der Waals surface area contributed by atoms with Crippen LogP contribution >= 0.6 is 0 Å². The van der Waals surface area contributed by atoms with E-state index in [4.69, 9.17) is 5.73 Å². The number of nitrogens with two attached hydrogens (primary N) is 1. The summed E-state index contributed by atoms with van der Waals surface area (Å²) in [5.74, 6) is 0. The summed E-state index contributed by atoms with van der Waals surface area (Å²) in [6.07, 6.45) is 3.67. The minimum atomic E-state index is 0.534. The first-order valence-electron chi connectivity index (χ1n) is 5.00. The molecule has 0 bridgehead atoms. The highest BCUT2D eigenvalue weighted by Gasteiger charge is 1.99. The van der Waals surface area contributed by atoms with Gasteiger partial charge in [-0.05, 0) is 24.1 Å². The van der Waals surface area contributed by atoms with E-state index in [1.807, 2.05) is 6.20 Å². The second-order valence-corrected chi connectivity index (χ2v) is 3.66. The molecule has 0 aliphatic carbocycles. The van der Waals surface area contributed by atoms with Crippen LogP contribution in [0.5, 0.6) is 0 Å². The molecule has 76 valence electrons. The van der Waals surface area contributed by atoms with E-state index < -0.39 is 0 Å². The second kappa shape index (κ2) is 4.24. The highest BCUT2D eigenvalue weighted by molar-refractivity contribution is 5.63. The zero-order chi connectivity index (χ0) is 10.7. The molecule has 0 unspecified atom stereocenters. The van der Waals surface area contributed by atoms with Crippen molar-refractivity contribution >= 4 is 0 Å². The Morgan fingerprint density at radius 3 is 2.73 bits per heavy atom. The van der Waals surface area contributed by atoms with Gasteiger partial charge in [-0.25, -0.2) is 0 Å². The monoisotopic (exact) mass is 198 g/mol.